The number of halogens is 4. The number of amides is 1. The van der Waals surface area contributed by atoms with E-state index in [9.17, 15) is 22.4 Å². The number of benzene rings is 3. The molecule has 4 aromatic rings. The van der Waals surface area contributed by atoms with E-state index in [1.165, 1.54) is 17.0 Å². The monoisotopic (exact) mass is 439 g/mol. The van der Waals surface area contributed by atoms with Crippen LogP contribution in [0.2, 0.25) is 0 Å². The normalized spacial score (nSPS) is 13.2. The summed E-state index contributed by atoms with van der Waals surface area (Å²) in [6, 6.07) is 14.8. The summed E-state index contributed by atoms with van der Waals surface area (Å²) in [5.74, 6) is -2.72. The quantitative estimate of drug-likeness (QED) is 0.378. The van der Waals surface area contributed by atoms with Crippen molar-refractivity contribution in [2.75, 3.05) is 4.90 Å². The van der Waals surface area contributed by atoms with Gasteiger partial charge in [-0.15, -0.1) is 10.2 Å². The van der Waals surface area contributed by atoms with Crippen LogP contribution in [0.3, 0.4) is 0 Å². The van der Waals surface area contributed by atoms with Crippen molar-refractivity contribution in [3.05, 3.63) is 89.3 Å². The highest BCUT2D eigenvalue weighted by atomic mass is 19.3. The molecule has 2 heterocycles. The molecule has 160 valence electrons. The largest absolute Gasteiger partial charge is 0.415 e. The van der Waals surface area contributed by atoms with Crippen LogP contribution in [0.25, 0.3) is 22.6 Å². The molecule has 1 amide bonds. The minimum absolute atomic E-state index is 0.122. The van der Waals surface area contributed by atoms with Crippen LogP contribution in [0.1, 0.15) is 28.2 Å². The van der Waals surface area contributed by atoms with Gasteiger partial charge in [0.1, 0.15) is 11.6 Å². The molecule has 0 saturated carbocycles. The molecule has 0 aliphatic carbocycles. The number of rotatable bonds is 4. The van der Waals surface area contributed by atoms with Gasteiger partial charge in [-0.1, -0.05) is 24.3 Å². The summed E-state index contributed by atoms with van der Waals surface area (Å²) in [4.78, 5) is 14.7. The first kappa shape index (κ1) is 19.9. The summed E-state index contributed by atoms with van der Waals surface area (Å²) in [5, 5.41) is 6.91. The molecule has 3 aromatic carbocycles. The third-order valence-electron chi connectivity index (χ3n) is 5.20. The fourth-order valence-electron chi connectivity index (χ4n) is 3.71. The molecule has 0 radical (unpaired) electrons. The van der Waals surface area contributed by atoms with Crippen molar-refractivity contribution in [2.24, 2.45) is 0 Å². The highest BCUT2D eigenvalue weighted by molar-refractivity contribution is 6.12. The number of anilines is 1. The molecule has 0 fully saturated rings. The molecule has 1 aliphatic rings. The third-order valence-corrected chi connectivity index (χ3v) is 5.20. The first-order valence-corrected chi connectivity index (χ1v) is 9.53. The lowest BCUT2D eigenvalue weighted by molar-refractivity contribution is 0.0996. The molecule has 0 N–H and O–H groups in total. The molecule has 1 aromatic heterocycles. The SMILES string of the molecule is O=C1c2cc(-c3nnc(C(F)F)o3)ccc2CN1c1ccccc1-c1ccc(F)cc1F. The molecule has 1 aliphatic heterocycles. The number of fused-ring (bicyclic) bond motifs is 1. The maximum absolute atomic E-state index is 14.4. The maximum Gasteiger partial charge on any atom is 0.314 e. The Bertz CT molecular complexity index is 1350. The fraction of sp³-hybridized carbons (Fsp3) is 0.0870. The summed E-state index contributed by atoms with van der Waals surface area (Å²) < 4.78 is 58.3. The van der Waals surface area contributed by atoms with Crippen LogP contribution in [-0.2, 0) is 6.54 Å². The summed E-state index contributed by atoms with van der Waals surface area (Å²) in [5.41, 5.74) is 2.42. The van der Waals surface area contributed by atoms with Crippen LogP contribution < -0.4 is 4.90 Å². The Morgan fingerprint density at radius 3 is 2.47 bits per heavy atom. The molecule has 0 atom stereocenters. The Balaban J connectivity index is 1.52. The molecular formula is C23H13F4N3O2. The average molecular weight is 439 g/mol. The summed E-state index contributed by atoms with van der Waals surface area (Å²) in [7, 11) is 0. The van der Waals surface area contributed by atoms with E-state index in [2.05, 4.69) is 10.2 Å². The predicted molar refractivity (Wildman–Crippen MR) is 107 cm³/mol. The Hall–Kier alpha value is -4.01. The number of alkyl halides is 2. The molecule has 5 nitrogen and oxygen atoms in total. The number of nitrogens with zero attached hydrogens (tertiary/aromatic N) is 3. The second-order valence-electron chi connectivity index (χ2n) is 7.15. The van der Waals surface area contributed by atoms with Crippen LogP contribution in [0, 0.1) is 11.6 Å². The van der Waals surface area contributed by atoms with Crippen LogP contribution >= 0.6 is 0 Å². The van der Waals surface area contributed by atoms with E-state index in [0.717, 1.165) is 12.1 Å². The van der Waals surface area contributed by atoms with Crippen LogP contribution in [0.4, 0.5) is 23.2 Å². The number of carbonyl (C=O) groups is 1. The highest BCUT2D eigenvalue weighted by Crippen LogP contribution is 2.38. The van der Waals surface area contributed by atoms with Crippen molar-refractivity contribution in [3.63, 3.8) is 0 Å². The number of carbonyl (C=O) groups excluding carboxylic acids is 1. The Morgan fingerprint density at radius 2 is 1.72 bits per heavy atom. The lowest BCUT2D eigenvalue weighted by atomic mass is 10.0. The molecule has 32 heavy (non-hydrogen) atoms. The number of hydrogen-bond acceptors (Lipinski definition) is 4. The molecule has 0 saturated heterocycles. The zero-order chi connectivity index (χ0) is 22.4. The summed E-state index contributed by atoms with van der Waals surface area (Å²) >= 11 is 0. The Labute approximate surface area is 178 Å². The van der Waals surface area contributed by atoms with Gasteiger partial charge in [0.15, 0.2) is 0 Å². The topological polar surface area (TPSA) is 59.2 Å². The Morgan fingerprint density at radius 1 is 0.906 bits per heavy atom. The third kappa shape index (κ3) is 3.31. The van der Waals surface area contributed by atoms with Crippen molar-refractivity contribution in [2.45, 2.75) is 13.0 Å². The Kier molecular flexibility index (Phi) is 4.73. The second kappa shape index (κ2) is 7.60. The molecule has 0 unspecified atom stereocenters. The molecule has 0 bridgehead atoms. The van der Waals surface area contributed by atoms with Crippen molar-refractivity contribution in [1.82, 2.24) is 10.2 Å². The van der Waals surface area contributed by atoms with Crippen molar-refractivity contribution in [1.29, 1.82) is 0 Å². The van der Waals surface area contributed by atoms with Crippen LogP contribution in [0.5, 0.6) is 0 Å². The van der Waals surface area contributed by atoms with E-state index in [1.54, 1.807) is 36.4 Å². The van der Waals surface area contributed by atoms with Gasteiger partial charge in [0, 0.05) is 28.3 Å². The van der Waals surface area contributed by atoms with Crippen LogP contribution in [-0.4, -0.2) is 16.1 Å². The van der Waals surface area contributed by atoms with Gasteiger partial charge in [-0.3, -0.25) is 4.79 Å². The van der Waals surface area contributed by atoms with Gasteiger partial charge in [0.25, 0.3) is 11.8 Å². The smallest absolute Gasteiger partial charge is 0.314 e. The van der Waals surface area contributed by atoms with Crippen molar-refractivity contribution < 1.29 is 26.8 Å². The van der Waals surface area contributed by atoms with E-state index in [4.69, 9.17) is 4.42 Å². The van der Waals surface area contributed by atoms with Crippen molar-refractivity contribution in [3.8, 4) is 22.6 Å². The molecular weight excluding hydrogens is 426 g/mol. The van der Waals surface area contributed by atoms with Crippen molar-refractivity contribution >= 4 is 11.6 Å². The van der Waals surface area contributed by atoms with E-state index >= 15 is 0 Å². The minimum Gasteiger partial charge on any atom is -0.415 e. The summed E-state index contributed by atoms with van der Waals surface area (Å²) in [6.45, 7) is 0.223. The summed E-state index contributed by atoms with van der Waals surface area (Å²) in [6.07, 6.45) is -2.90. The van der Waals surface area contributed by atoms with Gasteiger partial charge in [0.2, 0.25) is 5.89 Å². The minimum atomic E-state index is -2.90. The zero-order valence-electron chi connectivity index (χ0n) is 16.2. The lowest BCUT2D eigenvalue weighted by Gasteiger charge is -2.20. The zero-order valence-corrected chi connectivity index (χ0v) is 16.2. The van der Waals surface area contributed by atoms with E-state index in [-0.39, 0.29) is 23.9 Å². The predicted octanol–water partition coefficient (Wildman–Crippen LogP) is 5.78. The molecule has 9 heteroatoms. The second-order valence-corrected chi connectivity index (χ2v) is 7.15. The van der Waals surface area contributed by atoms with Crippen LogP contribution in [0.15, 0.2) is 65.1 Å². The number of hydrogen-bond donors (Lipinski definition) is 0. The van der Waals surface area contributed by atoms with Gasteiger partial charge in [-0.2, -0.15) is 8.78 Å². The first-order chi connectivity index (χ1) is 15.4. The van der Waals surface area contributed by atoms with E-state index in [0.29, 0.717) is 27.9 Å². The standard InChI is InChI=1S/C23H13F4N3O2/c24-14-7-8-15(18(25)10-14)16-3-1-2-4-19(16)30-11-13-6-5-12(9-17(13)23(30)31)21-28-29-22(32-21)20(26)27/h1-10,20H,11H2. The van der Waals surface area contributed by atoms with Gasteiger partial charge in [-0.25, -0.2) is 8.78 Å². The maximum atomic E-state index is 14.4. The molecule has 5 rings (SSSR count). The van der Waals surface area contributed by atoms with Gasteiger partial charge in [-0.05, 0) is 35.9 Å². The van der Waals surface area contributed by atoms with Gasteiger partial charge >= 0.3 is 6.43 Å². The molecule has 0 spiro atoms. The number of para-hydroxylation sites is 1. The average Bonchev–Trinajstić information content (AvgIpc) is 3.39. The number of aromatic nitrogens is 2. The highest BCUT2D eigenvalue weighted by Gasteiger charge is 2.31. The first-order valence-electron chi connectivity index (χ1n) is 9.53. The van der Waals surface area contributed by atoms with E-state index < -0.39 is 24.0 Å². The van der Waals surface area contributed by atoms with Gasteiger partial charge in [0.05, 0.1) is 12.2 Å². The van der Waals surface area contributed by atoms with Gasteiger partial charge < -0.3 is 9.32 Å². The lowest BCUT2D eigenvalue weighted by Crippen LogP contribution is -2.23. The fourth-order valence-corrected chi connectivity index (χ4v) is 3.71. The van der Waals surface area contributed by atoms with E-state index in [1.807, 2.05) is 0 Å².